The Balaban J connectivity index is 1.85. The highest BCUT2D eigenvalue weighted by atomic mass is 19.1. The van der Waals surface area contributed by atoms with E-state index >= 15 is 0 Å². The molecule has 0 aliphatic carbocycles. The number of nitrogens with zero attached hydrogens (tertiary/aromatic N) is 2. The monoisotopic (exact) mass is 457 g/mol. The summed E-state index contributed by atoms with van der Waals surface area (Å²) >= 11 is 0. The van der Waals surface area contributed by atoms with Gasteiger partial charge in [-0.2, -0.15) is 5.26 Å². The van der Waals surface area contributed by atoms with Gasteiger partial charge < -0.3 is 19.5 Å². The van der Waals surface area contributed by atoms with Crippen molar-refractivity contribution in [1.82, 2.24) is 4.90 Å². The number of anilines is 1. The van der Waals surface area contributed by atoms with Gasteiger partial charge >= 0.3 is 12.1 Å². The van der Waals surface area contributed by atoms with Crippen LogP contribution in [0.25, 0.3) is 0 Å². The van der Waals surface area contributed by atoms with Crippen molar-refractivity contribution in [2.45, 2.75) is 13.0 Å². The molecule has 0 saturated carbocycles. The molecule has 0 bridgehead atoms. The predicted octanol–water partition coefficient (Wildman–Crippen LogP) is 2.66. The Hall–Kier alpha value is -3.97. The summed E-state index contributed by atoms with van der Waals surface area (Å²) in [5.74, 6) is -1.35. The Morgan fingerprint density at radius 2 is 1.70 bits per heavy atom. The van der Waals surface area contributed by atoms with E-state index in [1.54, 1.807) is 42.5 Å². The van der Waals surface area contributed by atoms with Gasteiger partial charge in [0.15, 0.2) is 6.61 Å². The first kappa shape index (κ1) is 25.3. The Morgan fingerprint density at radius 3 is 2.33 bits per heavy atom. The number of methoxy groups -OCH3 is 1. The summed E-state index contributed by atoms with van der Waals surface area (Å²) in [5, 5.41) is 11.2. The summed E-state index contributed by atoms with van der Waals surface area (Å²) in [5.41, 5.74) is 1.91. The number of carbonyl (C=O) groups excluding carboxylic acids is 3. The van der Waals surface area contributed by atoms with Crippen molar-refractivity contribution in [3.8, 4) is 6.07 Å². The van der Waals surface area contributed by atoms with E-state index in [-0.39, 0.29) is 44.4 Å². The van der Waals surface area contributed by atoms with E-state index in [0.717, 1.165) is 4.90 Å². The molecule has 0 radical (unpaired) electrons. The standard InChI is InChI=1S/C23H24FN3O6/c1-31-13-11-27(15-22(29)32-12-10-25)23(30)33-16-18-4-8-20(9-5-18)26-21(28)14-17-2-6-19(24)7-3-17/h2-9H,11-16H2,1H3,(H,26,28). The van der Waals surface area contributed by atoms with Crippen molar-refractivity contribution < 1.29 is 33.0 Å². The van der Waals surface area contributed by atoms with Crippen molar-refractivity contribution in [3.63, 3.8) is 0 Å². The van der Waals surface area contributed by atoms with Crippen LogP contribution in [0, 0.1) is 17.1 Å². The first-order chi connectivity index (χ1) is 15.9. The molecule has 1 N–H and O–H groups in total. The molecule has 10 heteroatoms. The van der Waals surface area contributed by atoms with Crippen LogP contribution >= 0.6 is 0 Å². The van der Waals surface area contributed by atoms with Crippen LogP contribution in [0.1, 0.15) is 11.1 Å². The molecule has 0 heterocycles. The lowest BCUT2D eigenvalue weighted by Crippen LogP contribution is -2.39. The highest BCUT2D eigenvalue weighted by Gasteiger charge is 2.19. The van der Waals surface area contributed by atoms with E-state index in [4.69, 9.17) is 14.7 Å². The molecule has 0 aromatic heterocycles. The average Bonchev–Trinajstić information content (AvgIpc) is 2.81. The summed E-state index contributed by atoms with van der Waals surface area (Å²) in [4.78, 5) is 37.3. The van der Waals surface area contributed by atoms with Crippen LogP contribution in [0.5, 0.6) is 0 Å². The molecule has 0 atom stereocenters. The molecule has 2 aromatic carbocycles. The molecule has 174 valence electrons. The normalized spacial score (nSPS) is 10.1. The van der Waals surface area contributed by atoms with Crippen molar-refractivity contribution >= 4 is 23.7 Å². The number of esters is 1. The summed E-state index contributed by atoms with van der Waals surface area (Å²) in [7, 11) is 1.46. The molecule has 0 aliphatic rings. The van der Waals surface area contributed by atoms with Crippen LogP contribution in [-0.4, -0.2) is 56.3 Å². The number of hydrogen-bond acceptors (Lipinski definition) is 7. The lowest BCUT2D eigenvalue weighted by atomic mass is 10.1. The zero-order valence-electron chi connectivity index (χ0n) is 18.1. The minimum atomic E-state index is -0.738. The Bertz CT molecular complexity index is 973. The number of amides is 2. The Morgan fingerprint density at radius 1 is 1.03 bits per heavy atom. The first-order valence-electron chi connectivity index (χ1n) is 9.97. The molecule has 0 unspecified atom stereocenters. The molecule has 33 heavy (non-hydrogen) atoms. The zero-order valence-corrected chi connectivity index (χ0v) is 18.1. The zero-order chi connectivity index (χ0) is 24.1. The average molecular weight is 457 g/mol. The van der Waals surface area contributed by atoms with Crippen LogP contribution < -0.4 is 5.32 Å². The van der Waals surface area contributed by atoms with Crippen molar-refractivity contribution in [3.05, 3.63) is 65.5 Å². The second-order valence-electron chi connectivity index (χ2n) is 6.84. The van der Waals surface area contributed by atoms with Gasteiger partial charge in [0.05, 0.1) is 13.0 Å². The summed E-state index contributed by atoms with van der Waals surface area (Å²) in [6.45, 7) is -0.538. The van der Waals surface area contributed by atoms with Gasteiger partial charge in [-0.3, -0.25) is 14.5 Å². The predicted molar refractivity (Wildman–Crippen MR) is 115 cm³/mol. The molecular weight excluding hydrogens is 433 g/mol. The topological polar surface area (TPSA) is 118 Å². The van der Waals surface area contributed by atoms with Crippen LogP contribution in [0.2, 0.25) is 0 Å². The molecular formula is C23H24FN3O6. The van der Waals surface area contributed by atoms with E-state index in [1.807, 2.05) is 0 Å². The molecule has 0 fully saturated rings. The van der Waals surface area contributed by atoms with Gasteiger partial charge in [0, 0.05) is 19.3 Å². The highest BCUT2D eigenvalue weighted by molar-refractivity contribution is 5.92. The third-order valence-corrected chi connectivity index (χ3v) is 4.32. The first-order valence-corrected chi connectivity index (χ1v) is 9.97. The highest BCUT2D eigenvalue weighted by Crippen LogP contribution is 2.12. The summed E-state index contributed by atoms with van der Waals surface area (Å²) < 4.78 is 27.8. The minimum absolute atomic E-state index is 0.0562. The van der Waals surface area contributed by atoms with Gasteiger partial charge in [0.25, 0.3) is 0 Å². The van der Waals surface area contributed by atoms with E-state index in [0.29, 0.717) is 16.8 Å². The van der Waals surface area contributed by atoms with Crippen molar-refractivity contribution in [2.75, 3.05) is 38.7 Å². The molecule has 9 nitrogen and oxygen atoms in total. The third-order valence-electron chi connectivity index (χ3n) is 4.32. The SMILES string of the molecule is COCCN(CC(=O)OCC#N)C(=O)OCc1ccc(NC(=O)Cc2ccc(F)cc2)cc1. The van der Waals surface area contributed by atoms with Crippen molar-refractivity contribution in [2.24, 2.45) is 0 Å². The molecule has 2 aromatic rings. The second kappa shape index (κ2) is 13.4. The van der Waals surface area contributed by atoms with Gasteiger partial charge in [0.2, 0.25) is 5.91 Å². The van der Waals surface area contributed by atoms with E-state index < -0.39 is 18.7 Å². The van der Waals surface area contributed by atoms with Gasteiger partial charge in [-0.25, -0.2) is 9.18 Å². The Kier molecular flexibility index (Phi) is 10.3. The molecule has 2 amide bonds. The van der Waals surface area contributed by atoms with E-state index in [1.165, 1.54) is 19.2 Å². The number of hydrogen-bond donors (Lipinski definition) is 1. The number of nitrogens with one attached hydrogen (secondary N) is 1. The molecule has 0 saturated heterocycles. The third kappa shape index (κ3) is 9.37. The maximum Gasteiger partial charge on any atom is 0.410 e. The number of nitriles is 1. The van der Waals surface area contributed by atoms with E-state index in [2.05, 4.69) is 10.1 Å². The lowest BCUT2D eigenvalue weighted by molar-refractivity contribution is -0.143. The van der Waals surface area contributed by atoms with E-state index in [9.17, 15) is 18.8 Å². The number of halogens is 1. The fourth-order valence-corrected chi connectivity index (χ4v) is 2.66. The molecule has 0 spiro atoms. The smallest absolute Gasteiger partial charge is 0.410 e. The largest absolute Gasteiger partial charge is 0.449 e. The van der Waals surface area contributed by atoms with Gasteiger partial charge in [0.1, 0.15) is 25.0 Å². The number of carbonyl (C=O) groups is 3. The lowest BCUT2D eigenvalue weighted by Gasteiger charge is -2.20. The van der Waals surface area contributed by atoms with Crippen molar-refractivity contribution in [1.29, 1.82) is 5.26 Å². The van der Waals surface area contributed by atoms with Crippen LogP contribution in [-0.2, 0) is 36.8 Å². The minimum Gasteiger partial charge on any atom is -0.449 e. The fourth-order valence-electron chi connectivity index (χ4n) is 2.66. The molecule has 0 aliphatic heterocycles. The summed E-state index contributed by atoms with van der Waals surface area (Å²) in [6, 6.07) is 14.0. The maximum atomic E-state index is 12.9. The quantitative estimate of drug-likeness (QED) is 0.516. The summed E-state index contributed by atoms with van der Waals surface area (Å²) in [6.07, 6.45) is -0.633. The van der Waals surface area contributed by atoms with Crippen LogP contribution in [0.3, 0.4) is 0 Å². The van der Waals surface area contributed by atoms with Gasteiger partial charge in [-0.1, -0.05) is 24.3 Å². The number of benzene rings is 2. The maximum absolute atomic E-state index is 12.9. The fraction of sp³-hybridized carbons (Fsp3) is 0.304. The van der Waals surface area contributed by atoms with Crippen LogP contribution in [0.4, 0.5) is 14.9 Å². The van der Waals surface area contributed by atoms with Gasteiger partial charge in [-0.15, -0.1) is 0 Å². The second-order valence-corrected chi connectivity index (χ2v) is 6.84. The molecule has 2 rings (SSSR count). The van der Waals surface area contributed by atoms with Crippen LogP contribution in [0.15, 0.2) is 48.5 Å². The number of ether oxygens (including phenoxy) is 3. The Labute approximate surface area is 190 Å². The van der Waals surface area contributed by atoms with Gasteiger partial charge in [-0.05, 0) is 35.4 Å². The number of rotatable bonds is 11.